The van der Waals surface area contributed by atoms with Crippen molar-refractivity contribution in [1.82, 2.24) is 20.1 Å². The van der Waals surface area contributed by atoms with Gasteiger partial charge in [0.25, 0.3) is 17.7 Å². The Morgan fingerprint density at radius 2 is 1.56 bits per heavy atom. The number of aromatic nitrogens is 1. The third-order valence-corrected chi connectivity index (χ3v) is 16.3. The molecule has 3 atom stereocenters. The van der Waals surface area contributed by atoms with E-state index in [9.17, 15) is 33.0 Å². The maximum Gasteiger partial charge on any atom is 0.417 e. The van der Waals surface area contributed by atoms with Crippen molar-refractivity contribution >= 4 is 91.3 Å². The number of carbonyl (C=O) groups is 6. The molecule has 8 rings (SSSR count). The van der Waals surface area contributed by atoms with Gasteiger partial charge in [-0.1, -0.05) is 41.0 Å². The standard InChI is InChI=1S/C52H55B2ClN6O15S2/c1-30-56-37(28-77-30)40(58-76-52(19-20-52)49(66)75-54)44(62)57-41-46(64)60-42(48(65)74-53)33(29-78(68)47(41)60)25-61(22-7-8-23-61)24-21-59(50(67)73-51(2,3)4)45(63)36-17-18-38(71-26-31-9-13-34(69-5)14-10-31)43(39(36)55)72-27-32-11-15-35(70-6)16-12-32/h9-18,28,41,47H,7-8,19-27,29H2,1-6H3/p+1/b58-40-/t41-,47-,78?/m1/s1. The fraction of sp³-hybridized carbons (Fsp3) is 0.423. The summed E-state index contributed by atoms with van der Waals surface area (Å²) in [6.45, 7) is 7.76. The van der Waals surface area contributed by atoms with Gasteiger partial charge in [0.2, 0.25) is 5.60 Å². The number of halogens is 1. The molecule has 26 heteroatoms. The number of carbonyl (C=O) groups excluding carboxylic acids is 6. The molecular formula is C52H56B2ClN6O15S2+. The normalized spacial score (nSPS) is 19.1. The first kappa shape index (κ1) is 57.2. The van der Waals surface area contributed by atoms with Crippen molar-refractivity contribution in [3.8, 4) is 23.0 Å². The van der Waals surface area contributed by atoms with Gasteiger partial charge in [0.05, 0.1) is 72.5 Å². The molecule has 4 aliphatic rings. The Labute approximate surface area is 464 Å². The van der Waals surface area contributed by atoms with Gasteiger partial charge in [0.1, 0.15) is 59.7 Å². The van der Waals surface area contributed by atoms with Crippen LogP contribution < -0.4 is 24.3 Å². The molecule has 0 spiro atoms. The highest BCUT2D eigenvalue weighted by Crippen LogP contribution is 2.42. The SMILES string of the molecule is [B]OC(=O)C1=C(C[N+]2(CCN(C(=O)OC(C)(C)C)C(=O)c3ccc(OCc4ccc(OC)cc4)c(OCc4ccc(OC)cc4)c3Cl)CCCC2)CS(=O)[C@@H]2[C@H](NC(=O)/C(=N\OC3(C(=O)O[B])CC3)c3csc(C)n3)C(=O)N12. The van der Waals surface area contributed by atoms with Crippen LogP contribution in [0.15, 0.2) is 82.5 Å². The summed E-state index contributed by atoms with van der Waals surface area (Å²) in [5.74, 6) is -3.17. The van der Waals surface area contributed by atoms with Crippen LogP contribution in [0.5, 0.6) is 23.0 Å². The maximum absolute atomic E-state index is 14.9. The number of hydrogen-bond donors (Lipinski definition) is 1. The van der Waals surface area contributed by atoms with Crippen molar-refractivity contribution in [2.45, 2.75) is 89.2 Å². The highest BCUT2D eigenvalue weighted by atomic mass is 35.5. The van der Waals surface area contributed by atoms with Gasteiger partial charge in [-0.15, -0.1) is 11.3 Å². The third-order valence-electron chi connectivity index (χ3n) is 13.4. The molecule has 21 nitrogen and oxygen atoms in total. The number of methoxy groups -OCH3 is 2. The van der Waals surface area contributed by atoms with Crippen LogP contribution >= 0.6 is 22.9 Å². The van der Waals surface area contributed by atoms with Crippen LogP contribution in [0.2, 0.25) is 5.02 Å². The summed E-state index contributed by atoms with van der Waals surface area (Å²) in [6, 6.07) is 16.0. The number of fused-ring (bicyclic) bond motifs is 1. The molecule has 3 aromatic carbocycles. The average Bonchev–Trinajstić information content (AvgIpc) is 4.02. The summed E-state index contributed by atoms with van der Waals surface area (Å²) in [7, 11) is 11.8. The molecule has 78 heavy (non-hydrogen) atoms. The number of likely N-dealkylation sites (tertiary alicyclic amines) is 1. The van der Waals surface area contributed by atoms with Crippen molar-refractivity contribution < 1.29 is 75.3 Å². The summed E-state index contributed by atoms with van der Waals surface area (Å²) in [4.78, 5) is 94.9. The number of oxime groups is 1. The van der Waals surface area contributed by atoms with Gasteiger partial charge in [0.15, 0.2) is 17.2 Å². The van der Waals surface area contributed by atoms with Gasteiger partial charge in [0, 0.05) is 36.6 Å². The lowest BCUT2D eigenvalue weighted by molar-refractivity contribution is -0.911. The van der Waals surface area contributed by atoms with Crippen molar-refractivity contribution in [3.63, 3.8) is 0 Å². The lowest BCUT2D eigenvalue weighted by Crippen LogP contribution is -2.74. The van der Waals surface area contributed by atoms with E-state index >= 15 is 0 Å². The second kappa shape index (κ2) is 24.0. The zero-order valence-electron chi connectivity index (χ0n) is 43.7. The maximum atomic E-state index is 14.9. The van der Waals surface area contributed by atoms with E-state index in [1.54, 1.807) is 66.2 Å². The Balaban J connectivity index is 1.05. The number of thiazole rings is 1. The molecule has 1 saturated carbocycles. The predicted molar refractivity (Wildman–Crippen MR) is 285 cm³/mol. The van der Waals surface area contributed by atoms with Gasteiger partial charge < -0.3 is 47.6 Å². The van der Waals surface area contributed by atoms with Crippen molar-refractivity contribution in [2.75, 3.05) is 52.7 Å². The molecule has 0 bridgehead atoms. The third kappa shape index (κ3) is 12.6. The zero-order valence-corrected chi connectivity index (χ0v) is 46.1. The van der Waals surface area contributed by atoms with E-state index in [4.69, 9.17) is 60.9 Å². The molecule has 4 heterocycles. The first-order valence-corrected chi connectivity index (χ1v) is 27.3. The van der Waals surface area contributed by atoms with Crippen LogP contribution in [0.3, 0.4) is 0 Å². The van der Waals surface area contributed by atoms with Crippen molar-refractivity contribution in [1.29, 1.82) is 0 Å². The van der Waals surface area contributed by atoms with Crippen LogP contribution in [0, 0.1) is 6.92 Å². The molecule has 1 aliphatic carbocycles. The minimum Gasteiger partial charge on any atom is -0.540 e. The van der Waals surface area contributed by atoms with Gasteiger partial charge in [-0.05, 0) is 75.2 Å². The fourth-order valence-electron chi connectivity index (χ4n) is 9.23. The zero-order chi connectivity index (χ0) is 56.1. The highest BCUT2D eigenvalue weighted by Gasteiger charge is 2.59. The molecule has 3 fully saturated rings. The second-order valence-electron chi connectivity index (χ2n) is 20.0. The van der Waals surface area contributed by atoms with Crippen LogP contribution in [0.25, 0.3) is 0 Å². The van der Waals surface area contributed by atoms with E-state index < -0.39 is 69.2 Å². The number of benzene rings is 3. The van der Waals surface area contributed by atoms with Gasteiger partial charge in [-0.25, -0.2) is 24.3 Å². The number of β-lactam (4-membered cyclic amide) rings is 1. The summed E-state index contributed by atoms with van der Waals surface area (Å²) in [5, 5.41) is 7.27. The van der Waals surface area contributed by atoms with Crippen LogP contribution in [-0.4, -0.2) is 156 Å². The quantitative estimate of drug-likeness (QED) is 0.0374. The number of nitrogens with one attached hydrogen (secondary N) is 1. The van der Waals surface area contributed by atoms with E-state index in [1.165, 1.54) is 28.8 Å². The first-order chi connectivity index (χ1) is 37.2. The molecular weight excluding hydrogens is 1070 g/mol. The Hall–Kier alpha value is -6.95. The minimum atomic E-state index is -1.92. The molecule has 1 unspecified atom stereocenters. The fourth-order valence-corrected chi connectivity index (χ4v) is 11.8. The number of amides is 4. The van der Waals surface area contributed by atoms with Gasteiger partial charge >= 0.3 is 34.1 Å². The summed E-state index contributed by atoms with van der Waals surface area (Å²) < 4.78 is 52.5. The predicted octanol–water partition coefficient (Wildman–Crippen LogP) is 5.14. The summed E-state index contributed by atoms with van der Waals surface area (Å²) in [5.41, 5.74) is -1.32. The number of aryl methyl sites for hydroxylation is 1. The Morgan fingerprint density at radius 1 is 0.936 bits per heavy atom. The van der Waals surface area contributed by atoms with E-state index in [2.05, 4.69) is 20.1 Å². The largest absolute Gasteiger partial charge is 0.540 e. The summed E-state index contributed by atoms with van der Waals surface area (Å²) in [6.07, 6.45) is 0.919. The topological polar surface area (TPSA) is 237 Å². The molecule has 2 saturated heterocycles. The number of hydrogen-bond acceptors (Lipinski definition) is 18. The molecule has 1 aromatic heterocycles. The van der Waals surface area contributed by atoms with Crippen molar-refractivity contribution in [3.05, 3.63) is 110 Å². The average molecular weight is 1130 g/mol. The summed E-state index contributed by atoms with van der Waals surface area (Å²) >= 11 is 8.34. The lowest BCUT2D eigenvalue weighted by atomic mass is 10.0. The smallest absolute Gasteiger partial charge is 0.417 e. The number of ether oxygens (including phenoxy) is 5. The van der Waals surface area contributed by atoms with E-state index in [0.29, 0.717) is 42.4 Å². The van der Waals surface area contributed by atoms with Crippen LogP contribution in [0.1, 0.15) is 78.6 Å². The molecule has 4 amide bonds. The second-order valence-corrected chi connectivity index (χ2v) is 22.9. The van der Waals surface area contributed by atoms with Gasteiger partial charge in [-0.2, -0.15) is 0 Å². The van der Waals surface area contributed by atoms with Crippen LogP contribution in [-0.2, 0) is 62.1 Å². The Morgan fingerprint density at radius 3 is 2.12 bits per heavy atom. The number of quaternary nitrogens is 1. The molecule has 1 N–H and O–H groups in total. The Bertz CT molecular complexity index is 3050. The van der Waals surface area contributed by atoms with E-state index in [0.717, 1.165) is 20.9 Å². The molecule has 4 radical (unpaired) electrons. The van der Waals surface area contributed by atoms with E-state index in [1.807, 2.05) is 24.3 Å². The van der Waals surface area contributed by atoms with E-state index in [-0.39, 0.29) is 101 Å². The lowest BCUT2D eigenvalue weighted by Gasteiger charge is -2.50. The molecule has 4 aromatic rings. The molecule has 408 valence electrons. The highest BCUT2D eigenvalue weighted by molar-refractivity contribution is 7.86. The number of imide groups is 1. The number of rotatable bonds is 21. The van der Waals surface area contributed by atoms with Crippen LogP contribution in [0.4, 0.5) is 4.79 Å². The molecule has 3 aliphatic heterocycles. The van der Waals surface area contributed by atoms with Crippen molar-refractivity contribution in [2.24, 2.45) is 5.16 Å². The minimum absolute atomic E-state index is 0.0185. The first-order valence-electron chi connectivity index (χ1n) is 24.7. The van der Waals surface area contributed by atoms with Gasteiger partial charge in [-0.3, -0.25) is 23.5 Å². The monoisotopic (exact) mass is 1130 g/mol. The Kier molecular flexibility index (Phi) is 17.6. The number of nitrogens with zero attached hydrogens (tertiary/aromatic N) is 5.